The van der Waals surface area contributed by atoms with Crippen LogP contribution in [0, 0.1) is 11.6 Å². The molecule has 0 aliphatic carbocycles. The number of fused-ring (bicyclic) bond motifs is 4. The van der Waals surface area contributed by atoms with E-state index >= 15 is 0 Å². The van der Waals surface area contributed by atoms with E-state index in [9.17, 15) is 8.78 Å². The molecule has 122 valence electrons. The predicted molar refractivity (Wildman–Crippen MR) is 91.2 cm³/mol. The standard InChI is InChI=1S/C20H11F2NO2/c1-24-11-8-14(22)18-12-3-2-4-17-19(12)20(23-15(18)9-11)13-7-10(21)5-6-16(13)25-17/h2-9H,1H3. The Kier molecular flexibility index (Phi) is 2.77. The number of ether oxygens (including phenoxy) is 2. The molecule has 1 aromatic heterocycles. The van der Waals surface area contributed by atoms with Gasteiger partial charge in [-0.1, -0.05) is 12.1 Å². The first-order valence-electron chi connectivity index (χ1n) is 7.73. The predicted octanol–water partition coefficient (Wildman–Crippen LogP) is 5.45. The minimum Gasteiger partial charge on any atom is -0.497 e. The summed E-state index contributed by atoms with van der Waals surface area (Å²) in [5.74, 6) is 0.684. The lowest BCUT2D eigenvalue weighted by molar-refractivity contribution is 0.412. The lowest BCUT2D eigenvalue weighted by Crippen LogP contribution is -2.01. The van der Waals surface area contributed by atoms with E-state index in [2.05, 4.69) is 4.98 Å². The van der Waals surface area contributed by atoms with E-state index in [-0.39, 0.29) is 5.82 Å². The summed E-state index contributed by atoms with van der Waals surface area (Å²) in [5.41, 5.74) is 1.58. The highest BCUT2D eigenvalue weighted by atomic mass is 19.1. The van der Waals surface area contributed by atoms with Gasteiger partial charge in [-0.2, -0.15) is 0 Å². The number of methoxy groups -OCH3 is 1. The molecule has 4 aromatic rings. The maximum absolute atomic E-state index is 14.7. The Hall–Kier alpha value is -3.21. The lowest BCUT2D eigenvalue weighted by Gasteiger charge is -2.21. The molecule has 2 heterocycles. The molecular weight excluding hydrogens is 324 g/mol. The van der Waals surface area contributed by atoms with Crippen LogP contribution in [-0.2, 0) is 0 Å². The first kappa shape index (κ1) is 14.2. The Morgan fingerprint density at radius 2 is 1.84 bits per heavy atom. The molecule has 0 saturated carbocycles. The second-order valence-corrected chi connectivity index (χ2v) is 5.89. The Balaban J connectivity index is 2.00. The third-order valence-electron chi connectivity index (χ3n) is 4.46. The van der Waals surface area contributed by atoms with E-state index in [0.717, 1.165) is 0 Å². The highest BCUT2D eigenvalue weighted by Crippen LogP contribution is 2.47. The van der Waals surface area contributed by atoms with Crippen molar-refractivity contribution >= 4 is 21.7 Å². The van der Waals surface area contributed by atoms with E-state index < -0.39 is 5.82 Å². The molecule has 0 fully saturated rings. The number of hydrogen-bond donors (Lipinski definition) is 0. The maximum Gasteiger partial charge on any atom is 0.137 e. The van der Waals surface area contributed by atoms with E-state index in [1.807, 2.05) is 6.07 Å². The molecular formula is C20H11F2NO2. The number of nitrogens with zero attached hydrogens (tertiary/aromatic N) is 1. The normalized spacial score (nSPS) is 12.1. The van der Waals surface area contributed by atoms with Crippen LogP contribution in [0.1, 0.15) is 0 Å². The van der Waals surface area contributed by atoms with Gasteiger partial charge in [0.2, 0.25) is 0 Å². The van der Waals surface area contributed by atoms with Gasteiger partial charge >= 0.3 is 0 Å². The smallest absolute Gasteiger partial charge is 0.137 e. The lowest BCUT2D eigenvalue weighted by atomic mass is 9.96. The molecule has 0 unspecified atom stereocenters. The van der Waals surface area contributed by atoms with Gasteiger partial charge in [-0.25, -0.2) is 13.8 Å². The second-order valence-electron chi connectivity index (χ2n) is 5.89. The summed E-state index contributed by atoms with van der Waals surface area (Å²) in [6.45, 7) is 0. The van der Waals surface area contributed by atoms with Gasteiger partial charge < -0.3 is 9.47 Å². The number of rotatable bonds is 1. The van der Waals surface area contributed by atoms with Crippen LogP contribution in [0.3, 0.4) is 0 Å². The van der Waals surface area contributed by atoms with Crippen molar-refractivity contribution in [1.82, 2.24) is 4.98 Å². The van der Waals surface area contributed by atoms with Gasteiger partial charge in [0.25, 0.3) is 0 Å². The van der Waals surface area contributed by atoms with Gasteiger partial charge in [0, 0.05) is 23.1 Å². The zero-order valence-electron chi connectivity index (χ0n) is 13.1. The fraction of sp³-hybridized carbons (Fsp3) is 0.0500. The minimum absolute atomic E-state index is 0.381. The monoisotopic (exact) mass is 335 g/mol. The largest absolute Gasteiger partial charge is 0.497 e. The van der Waals surface area contributed by atoms with Crippen LogP contribution in [0.5, 0.6) is 17.2 Å². The average molecular weight is 335 g/mol. The van der Waals surface area contributed by atoms with Crippen LogP contribution >= 0.6 is 0 Å². The molecule has 3 aromatic carbocycles. The maximum atomic E-state index is 14.7. The summed E-state index contributed by atoms with van der Waals surface area (Å²) < 4.78 is 39.5. The Labute approximate surface area is 141 Å². The molecule has 1 aliphatic rings. The van der Waals surface area contributed by atoms with Crippen molar-refractivity contribution in [1.29, 1.82) is 0 Å². The molecule has 0 radical (unpaired) electrons. The van der Waals surface area contributed by atoms with Gasteiger partial charge in [0.05, 0.1) is 23.7 Å². The van der Waals surface area contributed by atoms with Crippen molar-refractivity contribution in [3.05, 3.63) is 60.2 Å². The molecule has 0 atom stereocenters. The zero-order valence-corrected chi connectivity index (χ0v) is 13.1. The quantitative estimate of drug-likeness (QED) is 0.382. The van der Waals surface area contributed by atoms with E-state index in [4.69, 9.17) is 9.47 Å². The number of hydrogen-bond acceptors (Lipinski definition) is 3. The number of halogens is 2. The van der Waals surface area contributed by atoms with Crippen LogP contribution in [-0.4, -0.2) is 12.1 Å². The van der Waals surface area contributed by atoms with Gasteiger partial charge in [0.15, 0.2) is 0 Å². The minimum atomic E-state index is -0.421. The number of benzene rings is 3. The second kappa shape index (κ2) is 4.89. The van der Waals surface area contributed by atoms with Crippen LogP contribution in [0.2, 0.25) is 0 Å². The Morgan fingerprint density at radius 1 is 0.960 bits per heavy atom. The van der Waals surface area contributed by atoms with Crippen LogP contribution < -0.4 is 9.47 Å². The van der Waals surface area contributed by atoms with Gasteiger partial charge in [-0.15, -0.1) is 0 Å². The van der Waals surface area contributed by atoms with Gasteiger partial charge in [0.1, 0.15) is 28.9 Å². The molecule has 1 aliphatic heterocycles. The van der Waals surface area contributed by atoms with Gasteiger partial charge in [-0.3, -0.25) is 0 Å². The summed E-state index contributed by atoms with van der Waals surface area (Å²) in [5, 5.41) is 1.74. The number of aromatic nitrogens is 1. The average Bonchev–Trinajstić information content (AvgIpc) is 2.62. The molecule has 0 bridgehead atoms. The van der Waals surface area contributed by atoms with Crippen molar-refractivity contribution in [3.8, 4) is 28.5 Å². The van der Waals surface area contributed by atoms with E-state index in [0.29, 0.717) is 50.2 Å². The summed E-state index contributed by atoms with van der Waals surface area (Å²) in [4.78, 5) is 4.62. The SMILES string of the molecule is COc1cc(F)c2c(c1)nc1c3c(cccc32)Oc2ccc(F)cc2-1. The molecule has 0 N–H and O–H groups in total. The highest BCUT2D eigenvalue weighted by Gasteiger charge is 2.24. The summed E-state index contributed by atoms with van der Waals surface area (Å²) >= 11 is 0. The van der Waals surface area contributed by atoms with Crippen LogP contribution in [0.15, 0.2) is 48.5 Å². The van der Waals surface area contributed by atoms with Crippen molar-refractivity contribution in [2.24, 2.45) is 0 Å². The first-order valence-corrected chi connectivity index (χ1v) is 7.73. The molecule has 3 nitrogen and oxygen atoms in total. The third-order valence-corrected chi connectivity index (χ3v) is 4.46. The first-order chi connectivity index (χ1) is 12.2. The van der Waals surface area contributed by atoms with Gasteiger partial charge in [-0.05, 0) is 29.7 Å². The number of pyridine rings is 1. The molecule has 0 amide bonds. The fourth-order valence-corrected chi connectivity index (χ4v) is 3.38. The zero-order chi connectivity index (χ0) is 17.1. The summed E-state index contributed by atoms with van der Waals surface area (Å²) in [7, 11) is 1.47. The van der Waals surface area contributed by atoms with Crippen molar-refractivity contribution in [2.75, 3.05) is 7.11 Å². The van der Waals surface area contributed by atoms with Crippen molar-refractivity contribution in [2.45, 2.75) is 0 Å². The third kappa shape index (κ3) is 1.92. The Bertz CT molecular complexity index is 1190. The topological polar surface area (TPSA) is 31.4 Å². The van der Waals surface area contributed by atoms with Crippen molar-refractivity contribution in [3.63, 3.8) is 0 Å². The molecule has 5 rings (SSSR count). The molecule has 0 spiro atoms. The van der Waals surface area contributed by atoms with Crippen molar-refractivity contribution < 1.29 is 18.3 Å². The fourth-order valence-electron chi connectivity index (χ4n) is 3.38. The highest BCUT2D eigenvalue weighted by molar-refractivity contribution is 6.14. The summed E-state index contributed by atoms with van der Waals surface area (Å²) in [6.07, 6.45) is 0. The molecule has 0 saturated heterocycles. The molecule has 5 heteroatoms. The van der Waals surface area contributed by atoms with Crippen LogP contribution in [0.4, 0.5) is 8.78 Å². The van der Waals surface area contributed by atoms with Crippen LogP contribution in [0.25, 0.3) is 32.9 Å². The van der Waals surface area contributed by atoms with E-state index in [1.54, 1.807) is 24.3 Å². The van der Waals surface area contributed by atoms with E-state index in [1.165, 1.54) is 25.3 Å². The Morgan fingerprint density at radius 3 is 2.68 bits per heavy atom. The molecule has 25 heavy (non-hydrogen) atoms. The summed E-state index contributed by atoms with van der Waals surface area (Å²) in [6, 6.07) is 12.7.